The topological polar surface area (TPSA) is 26.3 Å². The molecule has 5 heteroatoms. The molecule has 2 nitrogen and oxygen atoms in total. The van der Waals surface area contributed by atoms with Crippen LogP contribution in [0.3, 0.4) is 0 Å². The zero-order chi connectivity index (χ0) is 18.6. The predicted octanol–water partition coefficient (Wildman–Crippen LogP) is 5.52. The molecule has 0 aliphatic rings. The normalized spacial score (nSPS) is 11.2. The molecule has 0 fully saturated rings. The zero-order valence-corrected chi connectivity index (χ0v) is 13.7. The molecule has 0 amide bonds. The fraction of sp³-hybridized carbons (Fsp3) is 0.0952. The Labute approximate surface area is 148 Å². The zero-order valence-electron chi connectivity index (χ0n) is 13.7. The predicted molar refractivity (Wildman–Crippen MR) is 92.1 cm³/mol. The molecule has 0 atom stereocenters. The number of ketones is 1. The molecule has 3 rings (SSSR count). The van der Waals surface area contributed by atoms with Gasteiger partial charge in [0.25, 0.3) is 0 Å². The van der Waals surface area contributed by atoms with Crippen molar-refractivity contribution in [3.8, 4) is 5.75 Å². The fourth-order valence-electron chi connectivity index (χ4n) is 2.51. The van der Waals surface area contributed by atoms with Crippen molar-refractivity contribution < 1.29 is 22.7 Å². The third-order valence-electron chi connectivity index (χ3n) is 3.87. The molecule has 132 valence electrons. The lowest BCUT2D eigenvalue weighted by atomic mass is 9.99. The van der Waals surface area contributed by atoms with Gasteiger partial charge in [-0.05, 0) is 24.3 Å². The van der Waals surface area contributed by atoms with Crippen LogP contribution in [0.15, 0.2) is 78.9 Å². The second kappa shape index (κ2) is 7.44. The quantitative estimate of drug-likeness (QED) is 0.563. The molecule has 0 heterocycles. The molecule has 0 spiro atoms. The molecule has 0 bridgehead atoms. The molecule has 0 aliphatic carbocycles. The van der Waals surface area contributed by atoms with Crippen molar-refractivity contribution in [1.82, 2.24) is 0 Å². The van der Waals surface area contributed by atoms with Crippen LogP contribution < -0.4 is 4.74 Å². The van der Waals surface area contributed by atoms with Crippen molar-refractivity contribution in [2.45, 2.75) is 12.8 Å². The van der Waals surface area contributed by atoms with Crippen molar-refractivity contribution in [3.05, 3.63) is 101 Å². The molecule has 0 aliphatic heterocycles. The molecule has 0 aromatic heterocycles. The summed E-state index contributed by atoms with van der Waals surface area (Å²) in [4.78, 5) is 12.7. The van der Waals surface area contributed by atoms with E-state index in [0.717, 1.165) is 12.1 Å². The minimum atomic E-state index is -4.38. The van der Waals surface area contributed by atoms with Gasteiger partial charge in [0.15, 0.2) is 5.78 Å². The number of halogens is 3. The first-order valence-corrected chi connectivity index (χ1v) is 7.93. The molecular formula is C21H15F3O2. The monoisotopic (exact) mass is 356 g/mol. The van der Waals surface area contributed by atoms with Crippen molar-refractivity contribution >= 4 is 5.78 Å². The first kappa shape index (κ1) is 17.7. The molecule has 0 N–H and O–H groups in total. The van der Waals surface area contributed by atoms with Crippen molar-refractivity contribution in [2.24, 2.45) is 0 Å². The third kappa shape index (κ3) is 4.11. The van der Waals surface area contributed by atoms with E-state index >= 15 is 0 Å². The smallest absolute Gasteiger partial charge is 0.416 e. The average molecular weight is 356 g/mol. The minimum Gasteiger partial charge on any atom is -0.489 e. The van der Waals surface area contributed by atoms with Crippen molar-refractivity contribution in [3.63, 3.8) is 0 Å². The van der Waals surface area contributed by atoms with E-state index in [-0.39, 0.29) is 12.4 Å². The molecule has 0 unspecified atom stereocenters. The van der Waals surface area contributed by atoms with Gasteiger partial charge in [-0.15, -0.1) is 0 Å². The number of rotatable bonds is 5. The van der Waals surface area contributed by atoms with Gasteiger partial charge in [0.1, 0.15) is 12.4 Å². The van der Waals surface area contributed by atoms with Gasteiger partial charge < -0.3 is 4.74 Å². The maximum atomic E-state index is 12.7. The Morgan fingerprint density at radius 2 is 1.42 bits per heavy atom. The van der Waals surface area contributed by atoms with Crippen LogP contribution in [-0.2, 0) is 12.8 Å². The van der Waals surface area contributed by atoms with E-state index in [0.29, 0.717) is 22.4 Å². The van der Waals surface area contributed by atoms with Crippen molar-refractivity contribution in [2.75, 3.05) is 0 Å². The van der Waals surface area contributed by atoms with E-state index < -0.39 is 11.7 Å². The van der Waals surface area contributed by atoms with Gasteiger partial charge in [-0.25, -0.2) is 0 Å². The number of benzene rings is 3. The molecule has 0 radical (unpaired) electrons. The number of alkyl halides is 3. The number of carbonyl (C=O) groups is 1. The van der Waals surface area contributed by atoms with Crippen LogP contribution in [0, 0.1) is 0 Å². The third-order valence-corrected chi connectivity index (χ3v) is 3.87. The van der Waals surface area contributed by atoms with Crippen LogP contribution >= 0.6 is 0 Å². The number of carbonyl (C=O) groups excluding carboxylic acids is 1. The molecule has 0 saturated carbocycles. The highest BCUT2D eigenvalue weighted by Crippen LogP contribution is 2.30. The summed E-state index contributed by atoms with van der Waals surface area (Å²) in [7, 11) is 0. The highest BCUT2D eigenvalue weighted by molar-refractivity contribution is 6.09. The van der Waals surface area contributed by atoms with E-state index in [1.165, 1.54) is 12.1 Å². The lowest BCUT2D eigenvalue weighted by molar-refractivity contribution is -0.137. The Bertz CT molecular complexity index is 885. The van der Waals surface area contributed by atoms with E-state index in [4.69, 9.17) is 4.74 Å². The van der Waals surface area contributed by atoms with Crippen LogP contribution in [0.25, 0.3) is 0 Å². The van der Waals surface area contributed by atoms with E-state index in [9.17, 15) is 18.0 Å². The SMILES string of the molecule is O=C(c1ccccc1)c1ccccc1COc1ccc(C(F)(F)F)cc1. The van der Waals surface area contributed by atoms with Crippen LogP contribution in [-0.4, -0.2) is 5.78 Å². The fourth-order valence-corrected chi connectivity index (χ4v) is 2.51. The summed E-state index contributed by atoms with van der Waals surface area (Å²) in [6, 6.07) is 20.4. The second-order valence-corrected chi connectivity index (χ2v) is 5.66. The molecule has 3 aromatic rings. The molecule has 26 heavy (non-hydrogen) atoms. The summed E-state index contributed by atoms with van der Waals surface area (Å²) in [6.07, 6.45) is -4.38. The van der Waals surface area contributed by atoms with Gasteiger partial charge in [-0.1, -0.05) is 54.6 Å². The standard InChI is InChI=1S/C21H15F3O2/c22-21(23,24)17-10-12-18(13-11-17)26-14-16-8-4-5-9-19(16)20(25)15-6-2-1-3-7-15/h1-13H,14H2. The van der Waals surface area contributed by atoms with E-state index in [2.05, 4.69) is 0 Å². The Morgan fingerprint density at radius 3 is 2.08 bits per heavy atom. The largest absolute Gasteiger partial charge is 0.489 e. The van der Waals surface area contributed by atoms with Gasteiger partial charge in [-0.2, -0.15) is 13.2 Å². The minimum absolute atomic E-state index is 0.0834. The molecule has 3 aromatic carbocycles. The summed E-state index contributed by atoms with van der Waals surface area (Å²) >= 11 is 0. The highest BCUT2D eigenvalue weighted by atomic mass is 19.4. The maximum Gasteiger partial charge on any atom is 0.416 e. The Balaban J connectivity index is 1.76. The first-order valence-electron chi connectivity index (χ1n) is 7.93. The lowest BCUT2D eigenvalue weighted by Crippen LogP contribution is -2.08. The van der Waals surface area contributed by atoms with Gasteiger partial charge in [-0.3, -0.25) is 4.79 Å². The summed E-state index contributed by atoms with van der Waals surface area (Å²) < 4.78 is 43.4. The number of ether oxygens (including phenoxy) is 1. The average Bonchev–Trinajstić information content (AvgIpc) is 2.66. The van der Waals surface area contributed by atoms with Crippen LogP contribution in [0.4, 0.5) is 13.2 Å². The molecular weight excluding hydrogens is 341 g/mol. The van der Waals surface area contributed by atoms with Crippen LogP contribution in [0.2, 0.25) is 0 Å². The Morgan fingerprint density at radius 1 is 0.808 bits per heavy atom. The van der Waals surface area contributed by atoms with Gasteiger partial charge in [0.05, 0.1) is 5.56 Å². The van der Waals surface area contributed by atoms with E-state index in [1.807, 2.05) is 6.07 Å². The van der Waals surface area contributed by atoms with Crippen LogP contribution in [0.1, 0.15) is 27.0 Å². The molecule has 0 saturated heterocycles. The van der Waals surface area contributed by atoms with Crippen LogP contribution in [0.5, 0.6) is 5.75 Å². The van der Waals surface area contributed by atoms with E-state index in [1.54, 1.807) is 48.5 Å². The van der Waals surface area contributed by atoms with Gasteiger partial charge in [0.2, 0.25) is 0 Å². The Kier molecular flexibility index (Phi) is 5.07. The summed E-state index contributed by atoms with van der Waals surface area (Å²) in [6.45, 7) is 0.0834. The van der Waals surface area contributed by atoms with Crippen molar-refractivity contribution in [1.29, 1.82) is 0 Å². The number of hydrogen-bond donors (Lipinski definition) is 0. The Hall–Kier alpha value is -3.08. The first-order chi connectivity index (χ1) is 12.4. The summed E-state index contributed by atoms with van der Waals surface area (Å²) in [5.74, 6) is 0.178. The summed E-state index contributed by atoms with van der Waals surface area (Å²) in [5.41, 5.74) is 1.01. The lowest BCUT2D eigenvalue weighted by Gasteiger charge is -2.12. The summed E-state index contributed by atoms with van der Waals surface area (Å²) in [5, 5.41) is 0. The second-order valence-electron chi connectivity index (χ2n) is 5.66. The highest BCUT2D eigenvalue weighted by Gasteiger charge is 2.30. The number of hydrogen-bond acceptors (Lipinski definition) is 2. The maximum absolute atomic E-state index is 12.7. The van der Waals surface area contributed by atoms with Gasteiger partial charge >= 0.3 is 6.18 Å². The van der Waals surface area contributed by atoms with Gasteiger partial charge in [0, 0.05) is 16.7 Å².